The molecule has 162 valence electrons. The van der Waals surface area contributed by atoms with Gasteiger partial charge in [0, 0.05) is 37.0 Å². The number of carbonyl (C=O) groups is 1. The van der Waals surface area contributed by atoms with Gasteiger partial charge in [0.05, 0.1) is 5.69 Å². The van der Waals surface area contributed by atoms with Crippen LogP contribution in [0.5, 0.6) is 0 Å². The quantitative estimate of drug-likeness (QED) is 0.609. The Morgan fingerprint density at radius 3 is 2.58 bits per heavy atom. The van der Waals surface area contributed by atoms with E-state index in [1.165, 1.54) is 4.57 Å². The summed E-state index contributed by atoms with van der Waals surface area (Å²) in [5, 5.41) is 11.5. The highest BCUT2D eigenvalue weighted by molar-refractivity contribution is 5.96. The summed E-state index contributed by atoms with van der Waals surface area (Å²) in [5.41, 5.74) is 9.33. The fourth-order valence-electron chi connectivity index (χ4n) is 3.25. The van der Waals surface area contributed by atoms with Gasteiger partial charge in [-0.15, -0.1) is 5.10 Å². The van der Waals surface area contributed by atoms with E-state index in [-0.39, 0.29) is 5.56 Å². The summed E-state index contributed by atoms with van der Waals surface area (Å²) >= 11 is 0. The number of anilines is 2. The molecule has 31 heavy (non-hydrogen) atoms. The number of nitrogens with zero attached hydrogens (tertiary/aromatic N) is 4. The van der Waals surface area contributed by atoms with Gasteiger partial charge in [0.15, 0.2) is 5.82 Å². The van der Waals surface area contributed by atoms with Crippen LogP contribution in [-0.4, -0.2) is 38.7 Å². The smallest absolute Gasteiger partial charge is 0.274 e. The van der Waals surface area contributed by atoms with Crippen LogP contribution in [0, 0.1) is 6.92 Å². The highest BCUT2D eigenvalue weighted by Gasteiger charge is 2.13. The van der Waals surface area contributed by atoms with Gasteiger partial charge in [0.1, 0.15) is 5.69 Å². The molecular formula is C23H28N6O2. The minimum Gasteiger partial charge on any atom is -0.366 e. The van der Waals surface area contributed by atoms with Crippen LogP contribution in [0.3, 0.4) is 0 Å². The van der Waals surface area contributed by atoms with Crippen molar-refractivity contribution >= 4 is 17.4 Å². The maximum Gasteiger partial charge on any atom is 0.274 e. The Balaban J connectivity index is 1.92. The number of nitrogens with one attached hydrogen (secondary N) is 1. The van der Waals surface area contributed by atoms with Crippen molar-refractivity contribution in [2.24, 2.45) is 12.8 Å². The summed E-state index contributed by atoms with van der Waals surface area (Å²) in [5.74, 6) is -0.00574. The number of carbonyl (C=O) groups excluding carboxylic acids is 1. The molecule has 3 rings (SSSR count). The molecule has 0 aliphatic heterocycles. The number of aromatic nitrogens is 3. The second-order valence-corrected chi connectivity index (χ2v) is 7.94. The van der Waals surface area contributed by atoms with E-state index in [2.05, 4.69) is 34.3 Å². The largest absolute Gasteiger partial charge is 0.366 e. The third kappa shape index (κ3) is 4.97. The molecule has 3 N–H and O–H groups in total. The normalized spacial score (nSPS) is 11.2. The SMILES string of the molecule is Cc1c(C(N)=O)cccc1-c1cc(Nc2ccc(CN(C)C(C)C)nn2)c(=O)n(C)c1. The van der Waals surface area contributed by atoms with Gasteiger partial charge in [-0.3, -0.25) is 14.5 Å². The van der Waals surface area contributed by atoms with Crippen molar-refractivity contribution in [1.29, 1.82) is 0 Å². The first-order chi connectivity index (χ1) is 14.7. The number of hydrogen-bond acceptors (Lipinski definition) is 6. The molecule has 0 aliphatic carbocycles. The Hall–Kier alpha value is -3.52. The predicted molar refractivity (Wildman–Crippen MR) is 122 cm³/mol. The Kier molecular flexibility index (Phi) is 6.50. The Bertz CT molecular complexity index is 1150. The molecule has 0 saturated carbocycles. The standard InChI is InChI=1S/C23H28N6O2/c1-14(2)28(4)13-17-9-10-21(27-26-17)25-20-11-16(12-29(5)23(20)31)18-7-6-8-19(15(18)3)22(24)30/h6-12,14H,13H2,1-5H3,(H2,24,30)(H,25,27). The molecule has 0 spiro atoms. The van der Waals surface area contributed by atoms with Crippen molar-refractivity contribution in [2.75, 3.05) is 12.4 Å². The highest BCUT2D eigenvalue weighted by atomic mass is 16.1. The molecule has 8 nitrogen and oxygen atoms in total. The van der Waals surface area contributed by atoms with E-state index in [4.69, 9.17) is 5.73 Å². The summed E-state index contributed by atoms with van der Waals surface area (Å²) in [4.78, 5) is 26.5. The Labute approximate surface area is 181 Å². The van der Waals surface area contributed by atoms with Crippen LogP contribution in [0.2, 0.25) is 0 Å². The average molecular weight is 421 g/mol. The van der Waals surface area contributed by atoms with Gasteiger partial charge in [0.25, 0.3) is 5.56 Å². The maximum absolute atomic E-state index is 12.7. The first-order valence-electron chi connectivity index (χ1n) is 10.1. The van der Waals surface area contributed by atoms with Crippen LogP contribution in [-0.2, 0) is 13.6 Å². The van der Waals surface area contributed by atoms with Crippen molar-refractivity contribution in [3.05, 3.63) is 69.8 Å². The van der Waals surface area contributed by atoms with E-state index >= 15 is 0 Å². The summed E-state index contributed by atoms with van der Waals surface area (Å²) in [6.45, 7) is 6.77. The molecule has 0 bridgehead atoms. The second kappa shape index (κ2) is 9.09. The van der Waals surface area contributed by atoms with Crippen LogP contribution in [0.4, 0.5) is 11.5 Å². The van der Waals surface area contributed by atoms with E-state index in [0.29, 0.717) is 29.7 Å². The lowest BCUT2D eigenvalue weighted by Crippen LogP contribution is -2.26. The van der Waals surface area contributed by atoms with E-state index < -0.39 is 5.91 Å². The highest BCUT2D eigenvalue weighted by Crippen LogP contribution is 2.27. The summed E-state index contributed by atoms with van der Waals surface area (Å²) in [6, 6.07) is 11.2. The van der Waals surface area contributed by atoms with Crippen LogP contribution in [0.15, 0.2) is 47.4 Å². The van der Waals surface area contributed by atoms with Crippen LogP contribution in [0.1, 0.15) is 35.5 Å². The van der Waals surface area contributed by atoms with Crippen LogP contribution < -0.4 is 16.6 Å². The molecular weight excluding hydrogens is 392 g/mol. The van der Waals surface area contributed by atoms with Gasteiger partial charge in [-0.2, -0.15) is 5.10 Å². The van der Waals surface area contributed by atoms with Gasteiger partial charge >= 0.3 is 0 Å². The summed E-state index contributed by atoms with van der Waals surface area (Å²) in [6.07, 6.45) is 1.73. The zero-order valence-electron chi connectivity index (χ0n) is 18.5. The lowest BCUT2D eigenvalue weighted by atomic mass is 9.97. The van der Waals surface area contributed by atoms with Gasteiger partial charge < -0.3 is 15.6 Å². The van der Waals surface area contributed by atoms with Crippen molar-refractivity contribution in [3.8, 4) is 11.1 Å². The van der Waals surface area contributed by atoms with Crippen molar-refractivity contribution in [2.45, 2.75) is 33.4 Å². The number of hydrogen-bond donors (Lipinski definition) is 2. The first kappa shape index (κ1) is 22.2. The minimum absolute atomic E-state index is 0.196. The predicted octanol–water partition coefficient (Wildman–Crippen LogP) is 2.83. The second-order valence-electron chi connectivity index (χ2n) is 7.94. The van der Waals surface area contributed by atoms with Crippen molar-refractivity contribution < 1.29 is 4.79 Å². The molecule has 2 aromatic heterocycles. The molecule has 0 radical (unpaired) electrons. The molecule has 8 heteroatoms. The molecule has 0 atom stereocenters. The first-order valence-corrected chi connectivity index (χ1v) is 10.1. The summed E-state index contributed by atoms with van der Waals surface area (Å²) < 4.78 is 1.49. The molecule has 0 fully saturated rings. The third-order valence-electron chi connectivity index (χ3n) is 5.37. The maximum atomic E-state index is 12.7. The third-order valence-corrected chi connectivity index (χ3v) is 5.37. The van der Waals surface area contributed by atoms with E-state index in [0.717, 1.165) is 22.4 Å². The monoisotopic (exact) mass is 420 g/mol. The summed E-state index contributed by atoms with van der Waals surface area (Å²) in [7, 11) is 3.71. The number of primary amides is 1. The topological polar surface area (TPSA) is 106 Å². The van der Waals surface area contributed by atoms with Gasteiger partial charge in [-0.25, -0.2) is 0 Å². The van der Waals surface area contributed by atoms with E-state index in [9.17, 15) is 9.59 Å². The number of nitrogens with two attached hydrogens (primary N) is 1. The number of rotatable bonds is 7. The zero-order valence-corrected chi connectivity index (χ0v) is 18.5. The fourth-order valence-corrected chi connectivity index (χ4v) is 3.25. The lowest BCUT2D eigenvalue weighted by Gasteiger charge is -2.20. The molecule has 2 heterocycles. The molecule has 0 aliphatic rings. The van der Waals surface area contributed by atoms with Crippen molar-refractivity contribution in [1.82, 2.24) is 19.7 Å². The molecule has 3 aromatic rings. The number of pyridine rings is 1. The zero-order chi connectivity index (χ0) is 22.7. The Morgan fingerprint density at radius 1 is 1.23 bits per heavy atom. The van der Waals surface area contributed by atoms with E-state index in [1.54, 1.807) is 31.4 Å². The van der Waals surface area contributed by atoms with Crippen LogP contribution >= 0.6 is 0 Å². The number of amides is 1. The van der Waals surface area contributed by atoms with Crippen molar-refractivity contribution in [3.63, 3.8) is 0 Å². The molecule has 0 saturated heterocycles. The van der Waals surface area contributed by atoms with Crippen LogP contribution in [0.25, 0.3) is 11.1 Å². The van der Waals surface area contributed by atoms with Gasteiger partial charge in [0.2, 0.25) is 5.91 Å². The molecule has 0 unspecified atom stereocenters. The van der Waals surface area contributed by atoms with Gasteiger partial charge in [-0.1, -0.05) is 12.1 Å². The fraction of sp³-hybridized carbons (Fsp3) is 0.304. The Morgan fingerprint density at radius 2 is 1.97 bits per heavy atom. The van der Waals surface area contributed by atoms with E-state index in [1.807, 2.05) is 32.2 Å². The molecule has 1 aromatic carbocycles. The average Bonchev–Trinajstić information content (AvgIpc) is 2.72. The number of benzene rings is 1. The molecule has 1 amide bonds. The number of aryl methyl sites for hydroxylation is 1. The minimum atomic E-state index is -0.485. The van der Waals surface area contributed by atoms with Gasteiger partial charge in [-0.05, 0) is 63.2 Å². The lowest BCUT2D eigenvalue weighted by molar-refractivity contribution is 0.0999.